The first-order valence-electron chi connectivity index (χ1n) is 4.36. The minimum absolute atomic E-state index is 0.537. The molecular formula is C8H15N3O2S. The Bertz CT molecular complexity index is 254. The summed E-state index contributed by atoms with van der Waals surface area (Å²) in [4.78, 5) is 0. The molecule has 0 amide bonds. The number of hydrogen-bond donors (Lipinski definition) is 1. The summed E-state index contributed by atoms with van der Waals surface area (Å²) in [5.74, 6) is 0. The Hall–Kier alpha value is -0.560. The molecule has 0 radical (unpaired) electrons. The van der Waals surface area contributed by atoms with Gasteiger partial charge in [0.15, 0.2) is 0 Å². The average molecular weight is 217 g/mol. The third kappa shape index (κ3) is 4.10. The molecular weight excluding hydrogens is 202 g/mol. The predicted molar refractivity (Wildman–Crippen MR) is 54.2 cm³/mol. The molecule has 1 aromatic heterocycles. The lowest BCUT2D eigenvalue weighted by Gasteiger charge is -1.99. The van der Waals surface area contributed by atoms with Crippen LogP contribution in [0.3, 0.4) is 0 Å². The second-order valence-corrected chi connectivity index (χ2v) is 3.84. The topological polar surface area (TPSA) is 56.3 Å². The van der Waals surface area contributed by atoms with E-state index in [1.807, 2.05) is 0 Å². The van der Waals surface area contributed by atoms with Crippen LogP contribution in [0.1, 0.15) is 10.0 Å². The van der Waals surface area contributed by atoms with Gasteiger partial charge in [-0.1, -0.05) is 11.3 Å². The molecule has 0 atom stereocenters. The maximum absolute atomic E-state index is 4.95. The van der Waals surface area contributed by atoms with Crippen LogP contribution in [0.4, 0.5) is 0 Å². The van der Waals surface area contributed by atoms with Gasteiger partial charge in [-0.05, 0) is 0 Å². The Morgan fingerprint density at radius 1 is 1.21 bits per heavy atom. The summed E-state index contributed by atoms with van der Waals surface area (Å²) in [6, 6.07) is 0. The van der Waals surface area contributed by atoms with Gasteiger partial charge in [0.05, 0.1) is 13.2 Å². The summed E-state index contributed by atoms with van der Waals surface area (Å²) in [6.45, 7) is 2.82. The number of methoxy groups -OCH3 is 2. The molecule has 1 rings (SSSR count). The third-order valence-electron chi connectivity index (χ3n) is 1.54. The number of aromatic nitrogens is 2. The van der Waals surface area contributed by atoms with Gasteiger partial charge in [-0.2, -0.15) is 0 Å². The van der Waals surface area contributed by atoms with E-state index in [1.54, 1.807) is 25.6 Å². The van der Waals surface area contributed by atoms with Gasteiger partial charge in [-0.25, -0.2) is 0 Å². The van der Waals surface area contributed by atoms with Gasteiger partial charge in [0.2, 0.25) is 0 Å². The normalized spacial score (nSPS) is 10.7. The third-order valence-corrected chi connectivity index (χ3v) is 2.43. The predicted octanol–water partition coefficient (Wildman–Crippen LogP) is 0.420. The van der Waals surface area contributed by atoms with Gasteiger partial charge in [0, 0.05) is 27.3 Å². The Balaban J connectivity index is 2.22. The maximum Gasteiger partial charge on any atom is 0.143 e. The van der Waals surface area contributed by atoms with Crippen LogP contribution in [-0.2, 0) is 22.6 Å². The summed E-state index contributed by atoms with van der Waals surface area (Å²) in [7, 11) is 3.33. The number of ether oxygens (including phenoxy) is 2. The van der Waals surface area contributed by atoms with E-state index < -0.39 is 0 Å². The molecule has 1 N–H and O–H groups in total. The molecule has 0 aliphatic heterocycles. The molecule has 0 unspecified atom stereocenters. The largest absolute Gasteiger partial charge is 0.383 e. The summed E-state index contributed by atoms with van der Waals surface area (Å²) < 4.78 is 9.86. The summed E-state index contributed by atoms with van der Waals surface area (Å²) in [5, 5.41) is 13.1. The zero-order valence-corrected chi connectivity index (χ0v) is 9.26. The molecule has 0 saturated heterocycles. The monoisotopic (exact) mass is 217 g/mol. The lowest BCUT2D eigenvalue weighted by molar-refractivity contribution is 0.184. The first-order valence-corrected chi connectivity index (χ1v) is 5.18. The van der Waals surface area contributed by atoms with Crippen molar-refractivity contribution in [2.24, 2.45) is 0 Å². The van der Waals surface area contributed by atoms with E-state index in [0.717, 1.165) is 23.1 Å². The Labute approximate surface area is 87.4 Å². The van der Waals surface area contributed by atoms with E-state index in [4.69, 9.17) is 9.47 Å². The van der Waals surface area contributed by atoms with Crippen molar-refractivity contribution >= 4 is 11.3 Å². The van der Waals surface area contributed by atoms with Gasteiger partial charge in [-0.3, -0.25) is 0 Å². The average Bonchev–Trinajstić information content (AvgIpc) is 2.61. The maximum atomic E-state index is 4.95. The molecule has 0 spiro atoms. The van der Waals surface area contributed by atoms with E-state index >= 15 is 0 Å². The number of nitrogens with one attached hydrogen (secondary N) is 1. The lowest BCUT2D eigenvalue weighted by Crippen LogP contribution is -2.18. The first-order chi connectivity index (χ1) is 6.86. The molecule has 1 heterocycles. The van der Waals surface area contributed by atoms with Crippen LogP contribution in [0.25, 0.3) is 0 Å². The fraction of sp³-hybridized carbons (Fsp3) is 0.750. The highest BCUT2D eigenvalue weighted by Crippen LogP contribution is 2.09. The van der Waals surface area contributed by atoms with Crippen LogP contribution < -0.4 is 5.32 Å². The summed E-state index contributed by atoms with van der Waals surface area (Å²) in [5.41, 5.74) is 0. The van der Waals surface area contributed by atoms with E-state index in [0.29, 0.717) is 13.2 Å². The molecule has 0 aromatic carbocycles. The smallest absolute Gasteiger partial charge is 0.143 e. The van der Waals surface area contributed by atoms with E-state index in [9.17, 15) is 0 Å². The van der Waals surface area contributed by atoms with E-state index in [2.05, 4.69) is 15.5 Å². The van der Waals surface area contributed by atoms with Gasteiger partial charge in [-0.15, -0.1) is 10.2 Å². The molecule has 14 heavy (non-hydrogen) atoms. The molecule has 6 heteroatoms. The molecule has 0 bridgehead atoms. The van der Waals surface area contributed by atoms with Crippen molar-refractivity contribution < 1.29 is 9.47 Å². The first kappa shape index (κ1) is 11.5. The summed E-state index contributed by atoms with van der Waals surface area (Å²) in [6.07, 6.45) is 0. The van der Waals surface area contributed by atoms with Crippen LogP contribution in [0.5, 0.6) is 0 Å². The highest BCUT2D eigenvalue weighted by atomic mass is 32.1. The molecule has 0 aliphatic rings. The van der Waals surface area contributed by atoms with Crippen molar-refractivity contribution in [2.75, 3.05) is 27.4 Å². The van der Waals surface area contributed by atoms with Crippen molar-refractivity contribution in [3.8, 4) is 0 Å². The van der Waals surface area contributed by atoms with Crippen LogP contribution in [-0.4, -0.2) is 37.6 Å². The van der Waals surface area contributed by atoms with Crippen LogP contribution >= 0.6 is 11.3 Å². The van der Waals surface area contributed by atoms with Crippen LogP contribution in [0.15, 0.2) is 0 Å². The molecule has 0 saturated carbocycles. The van der Waals surface area contributed by atoms with Gasteiger partial charge >= 0.3 is 0 Å². The minimum atomic E-state index is 0.537. The Morgan fingerprint density at radius 3 is 2.71 bits per heavy atom. The Kier molecular flexibility index (Phi) is 5.62. The fourth-order valence-corrected chi connectivity index (χ4v) is 1.70. The lowest BCUT2D eigenvalue weighted by atomic mass is 10.6. The second kappa shape index (κ2) is 6.83. The Morgan fingerprint density at radius 2 is 2.00 bits per heavy atom. The van der Waals surface area contributed by atoms with Gasteiger partial charge in [0.1, 0.15) is 10.0 Å². The molecule has 5 nitrogen and oxygen atoms in total. The molecule has 0 fully saturated rings. The number of hydrogen-bond acceptors (Lipinski definition) is 6. The summed E-state index contributed by atoms with van der Waals surface area (Å²) >= 11 is 1.56. The second-order valence-electron chi connectivity index (χ2n) is 2.69. The van der Waals surface area contributed by atoms with Crippen molar-refractivity contribution in [1.82, 2.24) is 15.5 Å². The SMILES string of the molecule is COCCNCc1nnc(COC)s1. The van der Waals surface area contributed by atoms with Gasteiger partial charge in [0.25, 0.3) is 0 Å². The minimum Gasteiger partial charge on any atom is -0.383 e. The van der Waals surface area contributed by atoms with Crippen molar-refractivity contribution in [3.63, 3.8) is 0 Å². The van der Waals surface area contributed by atoms with E-state index in [1.165, 1.54) is 0 Å². The molecule has 0 aliphatic carbocycles. The van der Waals surface area contributed by atoms with Crippen molar-refractivity contribution in [1.29, 1.82) is 0 Å². The van der Waals surface area contributed by atoms with Crippen LogP contribution in [0, 0.1) is 0 Å². The molecule has 80 valence electrons. The fourth-order valence-electron chi connectivity index (χ4n) is 0.911. The van der Waals surface area contributed by atoms with Gasteiger partial charge < -0.3 is 14.8 Å². The van der Waals surface area contributed by atoms with Crippen molar-refractivity contribution in [2.45, 2.75) is 13.2 Å². The standard InChI is InChI=1S/C8H15N3O2S/c1-12-4-3-9-5-7-10-11-8(14-7)6-13-2/h9H,3-6H2,1-2H3. The number of nitrogens with zero attached hydrogens (tertiary/aromatic N) is 2. The zero-order valence-electron chi connectivity index (χ0n) is 8.45. The number of rotatable bonds is 7. The zero-order chi connectivity index (χ0) is 10.2. The van der Waals surface area contributed by atoms with Crippen molar-refractivity contribution in [3.05, 3.63) is 10.0 Å². The molecule has 1 aromatic rings. The highest BCUT2D eigenvalue weighted by molar-refractivity contribution is 7.11. The van der Waals surface area contributed by atoms with E-state index in [-0.39, 0.29) is 0 Å². The quantitative estimate of drug-likeness (QED) is 0.671. The highest BCUT2D eigenvalue weighted by Gasteiger charge is 2.02. The van der Waals surface area contributed by atoms with Crippen LogP contribution in [0.2, 0.25) is 0 Å².